The highest BCUT2D eigenvalue weighted by molar-refractivity contribution is 7.99. The van der Waals surface area contributed by atoms with Gasteiger partial charge in [0, 0.05) is 6.54 Å². The van der Waals surface area contributed by atoms with Gasteiger partial charge in [0.25, 0.3) is 5.22 Å². The molecule has 122 valence electrons. The average Bonchev–Trinajstić information content (AvgIpc) is 3.27. The number of thioether (sulfide) groups is 1. The predicted octanol–water partition coefficient (Wildman–Crippen LogP) is 3.86. The number of benzene rings is 1. The van der Waals surface area contributed by atoms with Crippen LogP contribution in [0.1, 0.15) is 32.1 Å². The molecule has 2 bridgehead atoms. The fourth-order valence-electron chi connectivity index (χ4n) is 4.22. The van der Waals surface area contributed by atoms with Crippen molar-refractivity contribution in [2.75, 3.05) is 12.3 Å². The minimum atomic E-state index is 0.0698. The van der Waals surface area contributed by atoms with Crippen LogP contribution in [0.3, 0.4) is 0 Å². The molecule has 0 radical (unpaired) electrons. The fourth-order valence-corrected chi connectivity index (χ4v) is 4.89. The van der Waals surface area contributed by atoms with Crippen molar-refractivity contribution >= 4 is 28.8 Å². The maximum atomic E-state index is 12.0. The summed E-state index contributed by atoms with van der Waals surface area (Å²) >= 11 is 1.36. The third-order valence-corrected chi connectivity index (χ3v) is 6.15. The summed E-state index contributed by atoms with van der Waals surface area (Å²) < 4.78 is 5.61. The first kappa shape index (κ1) is 15.1. The molecule has 4 nitrogen and oxygen atoms in total. The van der Waals surface area contributed by atoms with Crippen molar-refractivity contribution in [2.45, 2.75) is 37.3 Å². The summed E-state index contributed by atoms with van der Waals surface area (Å²) in [4.78, 5) is 16.3. The zero-order valence-electron chi connectivity index (χ0n) is 13.2. The number of para-hydroxylation sites is 2. The van der Waals surface area contributed by atoms with Gasteiger partial charge < -0.3 is 9.73 Å². The normalized spacial score (nSPS) is 26.0. The van der Waals surface area contributed by atoms with Crippen LogP contribution >= 0.6 is 11.8 Å². The Morgan fingerprint density at radius 3 is 3.00 bits per heavy atom. The van der Waals surface area contributed by atoms with Crippen LogP contribution in [0.25, 0.3) is 11.1 Å². The summed E-state index contributed by atoms with van der Waals surface area (Å²) in [7, 11) is 0. The number of hydrogen-bond acceptors (Lipinski definition) is 4. The number of oxazole rings is 1. The highest BCUT2D eigenvalue weighted by Gasteiger charge is 2.38. The van der Waals surface area contributed by atoms with Gasteiger partial charge in [0.1, 0.15) is 5.52 Å². The highest BCUT2D eigenvalue weighted by Crippen LogP contribution is 2.49. The third-order valence-electron chi connectivity index (χ3n) is 5.32. The third kappa shape index (κ3) is 3.39. The first-order chi connectivity index (χ1) is 11.3. The Labute approximate surface area is 140 Å². The van der Waals surface area contributed by atoms with E-state index in [0.29, 0.717) is 11.0 Å². The van der Waals surface area contributed by atoms with E-state index in [1.54, 1.807) is 0 Å². The van der Waals surface area contributed by atoms with Crippen LogP contribution in [0.4, 0.5) is 0 Å². The van der Waals surface area contributed by atoms with Crippen molar-refractivity contribution in [3.05, 3.63) is 24.3 Å². The van der Waals surface area contributed by atoms with E-state index in [9.17, 15) is 4.79 Å². The fraction of sp³-hybridized carbons (Fsp3) is 0.556. The van der Waals surface area contributed by atoms with Gasteiger partial charge in [0.05, 0.1) is 5.75 Å². The number of carbonyl (C=O) groups is 1. The zero-order valence-corrected chi connectivity index (χ0v) is 14.0. The van der Waals surface area contributed by atoms with Gasteiger partial charge in [-0.05, 0) is 55.6 Å². The summed E-state index contributed by atoms with van der Waals surface area (Å²) in [6, 6.07) is 7.66. The van der Waals surface area contributed by atoms with E-state index in [0.717, 1.165) is 41.8 Å². The second-order valence-electron chi connectivity index (χ2n) is 6.81. The molecule has 0 spiro atoms. The number of carbonyl (C=O) groups excluding carboxylic acids is 1. The molecule has 2 aliphatic rings. The molecule has 3 atom stereocenters. The van der Waals surface area contributed by atoms with Gasteiger partial charge >= 0.3 is 0 Å². The second-order valence-corrected chi connectivity index (χ2v) is 7.74. The lowest BCUT2D eigenvalue weighted by atomic mass is 9.86. The summed E-state index contributed by atoms with van der Waals surface area (Å²) in [6.07, 6.45) is 6.82. The van der Waals surface area contributed by atoms with Crippen molar-refractivity contribution in [1.82, 2.24) is 10.3 Å². The Morgan fingerprint density at radius 2 is 2.22 bits per heavy atom. The first-order valence-corrected chi connectivity index (χ1v) is 9.51. The molecule has 2 saturated carbocycles. The lowest BCUT2D eigenvalue weighted by molar-refractivity contribution is -0.118. The van der Waals surface area contributed by atoms with Gasteiger partial charge in [-0.2, -0.15) is 0 Å². The minimum absolute atomic E-state index is 0.0698. The maximum absolute atomic E-state index is 12.0. The Bertz CT molecular complexity index is 666. The van der Waals surface area contributed by atoms with Crippen molar-refractivity contribution < 1.29 is 9.21 Å². The molecule has 1 aromatic heterocycles. The molecular formula is C18H22N2O2S. The topological polar surface area (TPSA) is 55.1 Å². The van der Waals surface area contributed by atoms with E-state index < -0.39 is 0 Å². The molecule has 2 aliphatic carbocycles. The highest BCUT2D eigenvalue weighted by atomic mass is 32.2. The molecule has 2 aromatic rings. The SMILES string of the molecule is O=C(CSc1nc2ccccc2o1)NCCC1CC2CCC1C2. The Kier molecular flexibility index (Phi) is 4.29. The molecule has 0 saturated heterocycles. The minimum Gasteiger partial charge on any atom is -0.431 e. The number of hydrogen-bond donors (Lipinski definition) is 1. The number of nitrogens with zero attached hydrogens (tertiary/aromatic N) is 1. The van der Waals surface area contributed by atoms with Gasteiger partial charge in [0.2, 0.25) is 5.91 Å². The van der Waals surface area contributed by atoms with Crippen LogP contribution < -0.4 is 5.32 Å². The van der Waals surface area contributed by atoms with Gasteiger partial charge in [-0.1, -0.05) is 30.3 Å². The summed E-state index contributed by atoms with van der Waals surface area (Å²) in [5.74, 6) is 3.20. The van der Waals surface area contributed by atoms with E-state index >= 15 is 0 Å². The molecule has 1 heterocycles. The molecule has 23 heavy (non-hydrogen) atoms. The molecular weight excluding hydrogens is 308 g/mol. The van der Waals surface area contributed by atoms with E-state index in [1.165, 1.54) is 37.4 Å². The van der Waals surface area contributed by atoms with Crippen LogP contribution in [0.15, 0.2) is 33.9 Å². The van der Waals surface area contributed by atoms with Gasteiger partial charge in [-0.25, -0.2) is 4.98 Å². The second kappa shape index (κ2) is 6.56. The van der Waals surface area contributed by atoms with Crippen LogP contribution in [0.5, 0.6) is 0 Å². The van der Waals surface area contributed by atoms with E-state index in [1.807, 2.05) is 24.3 Å². The van der Waals surface area contributed by atoms with E-state index in [-0.39, 0.29) is 5.91 Å². The van der Waals surface area contributed by atoms with Crippen LogP contribution in [-0.4, -0.2) is 23.2 Å². The maximum Gasteiger partial charge on any atom is 0.257 e. The van der Waals surface area contributed by atoms with Gasteiger partial charge in [0.15, 0.2) is 5.58 Å². The lowest BCUT2D eigenvalue weighted by Gasteiger charge is -2.21. The zero-order chi connectivity index (χ0) is 15.6. The Balaban J connectivity index is 1.19. The number of rotatable bonds is 6. The number of amides is 1. The smallest absolute Gasteiger partial charge is 0.257 e. The van der Waals surface area contributed by atoms with Gasteiger partial charge in [-0.15, -0.1) is 0 Å². The predicted molar refractivity (Wildman–Crippen MR) is 91.3 cm³/mol. The van der Waals surface area contributed by atoms with Crippen LogP contribution in [0, 0.1) is 17.8 Å². The summed E-state index contributed by atoms with van der Waals surface area (Å²) in [5.41, 5.74) is 1.61. The number of fused-ring (bicyclic) bond motifs is 3. The molecule has 0 aliphatic heterocycles. The Hall–Kier alpha value is -1.49. The van der Waals surface area contributed by atoms with Crippen LogP contribution in [0.2, 0.25) is 0 Å². The quantitative estimate of drug-likeness (QED) is 0.817. The van der Waals surface area contributed by atoms with E-state index in [2.05, 4.69) is 10.3 Å². The number of aromatic nitrogens is 1. The monoisotopic (exact) mass is 330 g/mol. The molecule has 1 N–H and O–H groups in total. The largest absolute Gasteiger partial charge is 0.431 e. The number of nitrogens with one attached hydrogen (secondary N) is 1. The summed E-state index contributed by atoms with van der Waals surface area (Å²) in [5, 5.41) is 3.61. The molecule has 4 rings (SSSR count). The van der Waals surface area contributed by atoms with Crippen molar-refractivity contribution in [3.8, 4) is 0 Å². The van der Waals surface area contributed by atoms with Gasteiger partial charge in [-0.3, -0.25) is 4.79 Å². The standard InChI is InChI=1S/C18H22N2O2S/c21-17(19-8-7-14-10-12-5-6-13(14)9-12)11-23-18-20-15-3-1-2-4-16(15)22-18/h1-4,12-14H,5-11H2,(H,19,21). The molecule has 2 fully saturated rings. The molecule has 1 amide bonds. The van der Waals surface area contributed by atoms with Crippen molar-refractivity contribution in [3.63, 3.8) is 0 Å². The van der Waals surface area contributed by atoms with E-state index in [4.69, 9.17) is 4.42 Å². The van der Waals surface area contributed by atoms with Crippen molar-refractivity contribution in [1.29, 1.82) is 0 Å². The van der Waals surface area contributed by atoms with Crippen molar-refractivity contribution in [2.24, 2.45) is 17.8 Å². The van der Waals surface area contributed by atoms with Crippen LogP contribution in [-0.2, 0) is 4.79 Å². The molecule has 1 aromatic carbocycles. The Morgan fingerprint density at radius 1 is 1.30 bits per heavy atom. The first-order valence-electron chi connectivity index (χ1n) is 8.53. The summed E-state index contributed by atoms with van der Waals surface area (Å²) in [6.45, 7) is 0.806. The average molecular weight is 330 g/mol. The lowest BCUT2D eigenvalue weighted by Crippen LogP contribution is -2.28. The molecule has 5 heteroatoms. The molecule has 3 unspecified atom stereocenters.